The van der Waals surface area contributed by atoms with Crippen LogP contribution in [0.3, 0.4) is 0 Å². The molecule has 0 saturated heterocycles. The summed E-state index contributed by atoms with van der Waals surface area (Å²) in [5, 5.41) is 12.9. The number of carbonyl (C=O) groups is 2. The molecule has 0 spiro atoms. The molecule has 1 amide bonds. The lowest BCUT2D eigenvalue weighted by molar-refractivity contribution is 0.0703. The van der Waals surface area contributed by atoms with E-state index in [1.165, 1.54) is 0 Å². The Labute approximate surface area is 116 Å². The number of carboxylic acids is 1. The van der Waals surface area contributed by atoms with Crippen LogP contribution in [0.5, 0.6) is 0 Å². The van der Waals surface area contributed by atoms with Crippen molar-refractivity contribution in [3.05, 3.63) is 51.2 Å². The van der Waals surface area contributed by atoms with Gasteiger partial charge in [-0.05, 0) is 36.1 Å². The van der Waals surface area contributed by atoms with Crippen molar-refractivity contribution < 1.29 is 23.5 Å². The summed E-state index contributed by atoms with van der Waals surface area (Å²) in [4.78, 5) is 22.8. The maximum absolute atomic E-state index is 13.5. The zero-order valence-corrected chi connectivity index (χ0v) is 11.1. The zero-order chi connectivity index (χ0) is 14.9. The smallest absolute Gasteiger partial charge is 0.348 e. The number of nitrogens with one attached hydrogen (secondary N) is 1. The first kappa shape index (κ1) is 14.1. The van der Waals surface area contributed by atoms with Crippen LogP contribution in [-0.4, -0.2) is 17.0 Å². The van der Waals surface area contributed by atoms with Crippen LogP contribution in [0.4, 0.5) is 14.5 Å². The van der Waals surface area contributed by atoms with Crippen molar-refractivity contribution in [2.24, 2.45) is 0 Å². The Bertz CT molecular complexity index is 697. The Morgan fingerprint density at radius 1 is 1.30 bits per heavy atom. The number of carboxylic acid groups (broad SMARTS) is 1. The molecule has 0 fully saturated rings. The van der Waals surface area contributed by atoms with E-state index in [4.69, 9.17) is 5.11 Å². The lowest BCUT2D eigenvalue weighted by Gasteiger charge is -2.07. The van der Waals surface area contributed by atoms with Gasteiger partial charge in [-0.25, -0.2) is 13.6 Å². The monoisotopic (exact) mass is 297 g/mol. The second-order valence-corrected chi connectivity index (χ2v) is 4.89. The average Bonchev–Trinajstić information content (AvgIpc) is 2.74. The molecule has 0 saturated carbocycles. The van der Waals surface area contributed by atoms with Gasteiger partial charge < -0.3 is 10.4 Å². The molecule has 0 radical (unpaired) electrons. The molecule has 0 aliphatic rings. The van der Waals surface area contributed by atoms with Gasteiger partial charge in [0.05, 0.1) is 11.3 Å². The Balaban J connectivity index is 2.35. The lowest BCUT2D eigenvalue weighted by Crippen LogP contribution is -2.16. The summed E-state index contributed by atoms with van der Waals surface area (Å²) >= 11 is 0.947. The summed E-state index contributed by atoms with van der Waals surface area (Å²) in [6, 6.07) is 2.49. The molecule has 0 atom stereocenters. The third-order valence-corrected chi connectivity index (χ3v) is 3.67. The van der Waals surface area contributed by atoms with Gasteiger partial charge in [0.2, 0.25) is 0 Å². The van der Waals surface area contributed by atoms with Gasteiger partial charge in [0.25, 0.3) is 5.91 Å². The van der Waals surface area contributed by atoms with Gasteiger partial charge in [-0.1, -0.05) is 0 Å². The van der Waals surface area contributed by atoms with Crippen LogP contribution in [0.15, 0.2) is 23.6 Å². The molecule has 0 aliphatic carbocycles. The Hall–Kier alpha value is -2.28. The molecule has 4 nitrogen and oxygen atoms in total. The standard InChI is InChI=1S/C13H9F2NO3S/c1-6-5-20-11(13(18)19)10(6)16-12(17)8-4-7(14)2-3-9(8)15/h2-5H,1H3,(H,16,17)(H,18,19). The highest BCUT2D eigenvalue weighted by Crippen LogP contribution is 2.28. The average molecular weight is 297 g/mol. The summed E-state index contributed by atoms with van der Waals surface area (Å²) in [5.74, 6) is -3.73. The zero-order valence-electron chi connectivity index (χ0n) is 10.2. The first-order valence-corrected chi connectivity index (χ1v) is 6.36. The summed E-state index contributed by atoms with van der Waals surface area (Å²) in [6.45, 7) is 1.61. The van der Waals surface area contributed by atoms with Gasteiger partial charge in [0.1, 0.15) is 16.5 Å². The fourth-order valence-corrected chi connectivity index (χ4v) is 2.45. The number of amides is 1. The summed E-state index contributed by atoms with van der Waals surface area (Å²) in [7, 11) is 0. The van der Waals surface area contributed by atoms with Crippen LogP contribution in [-0.2, 0) is 0 Å². The van der Waals surface area contributed by atoms with Crippen LogP contribution in [0.1, 0.15) is 25.6 Å². The molecule has 2 aromatic rings. The minimum absolute atomic E-state index is 0.0624. The van der Waals surface area contributed by atoms with E-state index in [2.05, 4.69) is 5.32 Å². The highest BCUT2D eigenvalue weighted by atomic mass is 32.1. The van der Waals surface area contributed by atoms with Crippen LogP contribution in [0.2, 0.25) is 0 Å². The van der Waals surface area contributed by atoms with E-state index in [9.17, 15) is 18.4 Å². The van der Waals surface area contributed by atoms with E-state index >= 15 is 0 Å². The maximum Gasteiger partial charge on any atom is 0.348 e. The van der Waals surface area contributed by atoms with Crippen LogP contribution >= 0.6 is 11.3 Å². The van der Waals surface area contributed by atoms with Crippen LogP contribution in [0, 0.1) is 18.6 Å². The molecule has 2 N–H and O–H groups in total. The first-order valence-electron chi connectivity index (χ1n) is 5.48. The topological polar surface area (TPSA) is 66.4 Å². The molecular weight excluding hydrogens is 288 g/mol. The van der Waals surface area contributed by atoms with Gasteiger partial charge >= 0.3 is 5.97 Å². The lowest BCUT2D eigenvalue weighted by atomic mass is 10.1. The van der Waals surface area contributed by atoms with E-state index in [0.717, 1.165) is 29.5 Å². The number of aryl methyl sites for hydroxylation is 1. The predicted molar refractivity (Wildman–Crippen MR) is 70.3 cm³/mol. The number of carbonyl (C=O) groups excluding carboxylic acids is 1. The molecule has 104 valence electrons. The second-order valence-electron chi connectivity index (χ2n) is 4.01. The molecule has 7 heteroatoms. The van der Waals surface area contributed by atoms with Crippen molar-refractivity contribution in [1.29, 1.82) is 0 Å². The molecule has 2 rings (SSSR count). The Kier molecular flexibility index (Phi) is 3.80. The van der Waals surface area contributed by atoms with Crippen LogP contribution < -0.4 is 5.32 Å². The number of anilines is 1. The molecule has 1 aromatic heterocycles. The summed E-state index contributed by atoms with van der Waals surface area (Å²) < 4.78 is 26.5. The molecule has 0 bridgehead atoms. The quantitative estimate of drug-likeness (QED) is 0.913. The Morgan fingerprint density at radius 3 is 2.65 bits per heavy atom. The van der Waals surface area contributed by atoms with E-state index in [1.807, 2.05) is 0 Å². The van der Waals surface area contributed by atoms with E-state index in [0.29, 0.717) is 5.56 Å². The van der Waals surface area contributed by atoms with E-state index in [-0.39, 0.29) is 10.6 Å². The molecule has 1 heterocycles. The molecule has 20 heavy (non-hydrogen) atoms. The number of benzene rings is 1. The van der Waals surface area contributed by atoms with Gasteiger partial charge in [-0.3, -0.25) is 4.79 Å². The summed E-state index contributed by atoms with van der Waals surface area (Å²) in [6.07, 6.45) is 0. The minimum Gasteiger partial charge on any atom is -0.477 e. The van der Waals surface area contributed by atoms with Crippen molar-refractivity contribution in [3.63, 3.8) is 0 Å². The van der Waals surface area contributed by atoms with Crippen molar-refractivity contribution in [1.82, 2.24) is 0 Å². The largest absolute Gasteiger partial charge is 0.477 e. The van der Waals surface area contributed by atoms with Gasteiger partial charge in [0.15, 0.2) is 0 Å². The molecule has 0 unspecified atom stereocenters. The number of halogens is 2. The van der Waals surface area contributed by atoms with Crippen molar-refractivity contribution in [3.8, 4) is 0 Å². The van der Waals surface area contributed by atoms with Crippen LogP contribution in [0.25, 0.3) is 0 Å². The fraction of sp³-hybridized carbons (Fsp3) is 0.0769. The number of thiophene rings is 1. The number of hydrogen-bond acceptors (Lipinski definition) is 3. The number of aromatic carboxylic acids is 1. The number of rotatable bonds is 3. The maximum atomic E-state index is 13.5. The first-order chi connectivity index (χ1) is 9.40. The second kappa shape index (κ2) is 5.38. The van der Waals surface area contributed by atoms with Crippen molar-refractivity contribution >= 4 is 28.9 Å². The molecular formula is C13H9F2NO3S. The highest BCUT2D eigenvalue weighted by Gasteiger charge is 2.20. The summed E-state index contributed by atoms with van der Waals surface area (Å²) in [5.41, 5.74) is 0.153. The van der Waals surface area contributed by atoms with Gasteiger partial charge in [0, 0.05) is 0 Å². The third kappa shape index (κ3) is 2.67. The van der Waals surface area contributed by atoms with Crippen molar-refractivity contribution in [2.45, 2.75) is 6.92 Å². The Morgan fingerprint density at radius 2 is 2.00 bits per heavy atom. The SMILES string of the molecule is Cc1csc(C(=O)O)c1NC(=O)c1cc(F)ccc1F. The van der Waals surface area contributed by atoms with Crippen molar-refractivity contribution in [2.75, 3.05) is 5.32 Å². The fourth-order valence-electron chi connectivity index (χ4n) is 1.61. The van der Waals surface area contributed by atoms with E-state index in [1.54, 1.807) is 12.3 Å². The molecule has 1 aromatic carbocycles. The minimum atomic E-state index is -1.20. The molecule has 0 aliphatic heterocycles. The normalized spacial score (nSPS) is 10.3. The van der Waals surface area contributed by atoms with Gasteiger partial charge in [-0.15, -0.1) is 11.3 Å². The predicted octanol–water partition coefficient (Wildman–Crippen LogP) is 3.29. The third-order valence-electron chi connectivity index (χ3n) is 2.58. The van der Waals surface area contributed by atoms with Gasteiger partial charge in [-0.2, -0.15) is 0 Å². The number of hydrogen-bond donors (Lipinski definition) is 2. The van der Waals surface area contributed by atoms with E-state index < -0.39 is 29.1 Å². The highest BCUT2D eigenvalue weighted by molar-refractivity contribution is 7.12.